The Balaban J connectivity index is 1.70. The largest absolute Gasteiger partial charge is 0.463 e. The topological polar surface area (TPSA) is 221 Å². The zero-order valence-corrected chi connectivity index (χ0v) is 29.8. The molecule has 288 valence electrons. The Morgan fingerprint density at radius 2 is 1.17 bits per heavy atom. The molecule has 3 N–H and O–H groups in total. The maximum atomic E-state index is 13.4. The van der Waals surface area contributed by atoms with E-state index in [9.17, 15) is 33.9 Å². The number of carbonyl (C=O) groups is 6. The van der Waals surface area contributed by atoms with E-state index in [1.165, 1.54) is 26.0 Å². The first-order chi connectivity index (χ1) is 25.2. The summed E-state index contributed by atoms with van der Waals surface area (Å²) >= 11 is 0. The Labute approximate surface area is 305 Å². The predicted molar refractivity (Wildman–Crippen MR) is 179 cm³/mol. The summed E-state index contributed by atoms with van der Waals surface area (Å²) in [5, 5.41) is 16.4. The monoisotopic (exact) mass is 744 g/mol. The van der Waals surface area contributed by atoms with Crippen LogP contribution in [0.3, 0.4) is 0 Å². The Bertz CT molecular complexity index is 1570. The van der Waals surface area contributed by atoms with Gasteiger partial charge in [0.1, 0.15) is 37.0 Å². The van der Waals surface area contributed by atoms with Crippen LogP contribution in [0, 0.1) is 0 Å². The molecule has 10 atom stereocenters. The van der Waals surface area contributed by atoms with Crippen LogP contribution in [0.2, 0.25) is 0 Å². The number of amides is 2. The highest BCUT2D eigenvalue weighted by molar-refractivity contribution is 5.89. The summed E-state index contributed by atoms with van der Waals surface area (Å²) < 4.78 is 46.5. The molecule has 4 rings (SSSR count). The summed E-state index contributed by atoms with van der Waals surface area (Å²) in [6.07, 6.45) is -11.0. The lowest BCUT2D eigenvalue weighted by molar-refractivity contribution is -0.304. The van der Waals surface area contributed by atoms with E-state index in [4.69, 9.17) is 37.9 Å². The Kier molecular flexibility index (Phi) is 14.8. The second-order valence-electron chi connectivity index (χ2n) is 12.3. The number of hydrogen-bond acceptors (Lipinski definition) is 15. The average Bonchev–Trinajstić information content (AvgIpc) is 3.09. The highest BCUT2D eigenvalue weighted by atomic mass is 16.7. The first kappa shape index (κ1) is 40.8. The molecule has 2 amide bonds. The quantitative estimate of drug-likeness (QED) is 0.179. The first-order valence-corrected chi connectivity index (χ1v) is 16.8. The van der Waals surface area contributed by atoms with Gasteiger partial charge in [-0.25, -0.2) is 4.79 Å². The number of hydrogen-bond donors (Lipinski definition) is 3. The molecule has 53 heavy (non-hydrogen) atoms. The Morgan fingerprint density at radius 3 is 1.75 bits per heavy atom. The number of benzene rings is 2. The molecule has 0 bridgehead atoms. The van der Waals surface area contributed by atoms with Gasteiger partial charge >= 0.3 is 23.9 Å². The van der Waals surface area contributed by atoms with Crippen molar-refractivity contribution in [3.63, 3.8) is 0 Å². The molecule has 17 heteroatoms. The van der Waals surface area contributed by atoms with Crippen molar-refractivity contribution in [2.24, 2.45) is 0 Å². The molecule has 0 spiro atoms. The second kappa shape index (κ2) is 19.2. The van der Waals surface area contributed by atoms with E-state index in [0.29, 0.717) is 0 Å². The first-order valence-electron chi connectivity index (χ1n) is 16.8. The number of rotatable bonds is 14. The van der Waals surface area contributed by atoms with Gasteiger partial charge in [0, 0.05) is 34.6 Å². The number of aliphatic hydroxyl groups is 1. The van der Waals surface area contributed by atoms with Gasteiger partial charge in [-0.05, 0) is 17.7 Å². The van der Waals surface area contributed by atoms with Crippen LogP contribution in [0.5, 0.6) is 0 Å². The van der Waals surface area contributed by atoms with Gasteiger partial charge in [0.2, 0.25) is 11.8 Å². The van der Waals surface area contributed by atoms with Gasteiger partial charge < -0.3 is 53.6 Å². The molecule has 2 fully saturated rings. The standard InChI is InChI=1S/C36H44N2O15/c1-19(39)37-28-32(53-34(44)25-14-10-7-11-15-25)30(47-16-24-12-8-6-9-13-24)26(51-35(28)45)18-48-36-29(38-20(2)40)33(50-23(5)43)31(49-22(4)42)27(52-36)17-46-21(3)41/h6-15,26-33,35-36,45H,16-18H2,1-5H3,(H,37,39)(H,38,40)/t26-,27-,28-,29-,30-,31-,32-,33-,35-,36-/m1/s1. The fourth-order valence-corrected chi connectivity index (χ4v) is 5.94. The third kappa shape index (κ3) is 11.8. The van der Waals surface area contributed by atoms with Crippen LogP contribution in [0.1, 0.15) is 50.5 Å². The highest BCUT2D eigenvalue weighted by Crippen LogP contribution is 2.31. The van der Waals surface area contributed by atoms with Gasteiger partial charge in [0.15, 0.2) is 30.9 Å². The van der Waals surface area contributed by atoms with Crippen molar-refractivity contribution in [1.82, 2.24) is 10.6 Å². The van der Waals surface area contributed by atoms with Crippen LogP contribution in [0.15, 0.2) is 60.7 Å². The van der Waals surface area contributed by atoms with Crippen molar-refractivity contribution in [2.75, 3.05) is 13.2 Å². The van der Waals surface area contributed by atoms with E-state index < -0.39 is 110 Å². The van der Waals surface area contributed by atoms with Crippen molar-refractivity contribution in [1.29, 1.82) is 0 Å². The van der Waals surface area contributed by atoms with E-state index in [0.717, 1.165) is 26.3 Å². The number of carbonyl (C=O) groups excluding carboxylic acids is 6. The fraction of sp³-hybridized carbons (Fsp3) is 0.500. The molecule has 0 aliphatic carbocycles. The molecular weight excluding hydrogens is 700 g/mol. The summed E-state index contributed by atoms with van der Waals surface area (Å²) in [6, 6.07) is 14.5. The smallest absolute Gasteiger partial charge is 0.338 e. The fourth-order valence-electron chi connectivity index (χ4n) is 5.94. The lowest BCUT2D eigenvalue weighted by atomic mass is 9.95. The number of ether oxygens (including phenoxy) is 8. The van der Waals surface area contributed by atoms with Gasteiger partial charge in [0.25, 0.3) is 0 Å². The summed E-state index contributed by atoms with van der Waals surface area (Å²) in [5.41, 5.74) is 0.925. The lowest BCUT2D eigenvalue weighted by Crippen LogP contribution is -2.68. The molecule has 2 aromatic rings. The lowest BCUT2D eigenvalue weighted by Gasteiger charge is -2.47. The summed E-state index contributed by atoms with van der Waals surface area (Å²) in [5.74, 6) is -4.19. The number of esters is 4. The molecule has 2 aliphatic rings. The van der Waals surface area contributed by atoms with Crippen molar-refractivity contribution < 1.29 is 71.8 Å². The minimum atomic E-state index is -1.74. The van der Waals surface area contributed by atoms with E-state index in [-0.39, 0.29) is 12.2 Å². The normalized spacial score (nSPS) is 28.1. The third-order valence-electron chi connectivity index (χ3n) is 8.07. The van der Waals surface area contributed by atoms with E-state index in [2.05, 4.69) is 10.6 Å². The average molecular weight is 745 g/mol. The van der Waals surface area contributed by atoms with Gasteiger partial charge in [0.05, 0.1) is 18.8 Å². The minimum Gasteiger partial charge on any atom is -0.463 e. The summed E-state index contributed by atoms with van der Waals surface area (Å²) in [7, 11) is 0. The molecule has 0 radical (unpaired) electrons. The van der Waals surface area contributed by atoms with Crippen LogP contribution in [0.4, 0.5) is 0 Å². The van der Waals surface area contributed by atoms with Crippen LogP contribution in [-0.2, 0) is 68.5 Å². The zero-order chi connectivity index (χ0) is 38.7. The molecule has 2 heterocycles. The van der Waals surface area contributed by atoms with Crippen molar-refractivity contribution in [2.45, 2.75) is 103 Å². The predicted octanol–water partition coefficient (Wildman–Crippen LogP) is 0.692. The zero-order valence-electron chi connectivity index (χ0n) is 29.8. The molecule has 0 unspecified atom stereocenters. The van der Waals surface area contributed by atoms with Crippen molar-refractivity contribution in [3.8, 4) is 0 Å². The van der Waals surface area contributed by atoms with Crippen LogP contribution in [-0.4, -0.2) is 115 Å². The van der Waals surface area contributed by atoms with Gasteiger partial charge in [-0.3, -0.25) is 24.0 Å². The summed E-state index contributed by atoms with van der Waals surface area (Å²) in [4.78, 5) is 74.2. The van der Waals surface area contributed by atoms with Gasteiger partial charge in [-0.2, -0.15) is 0 Å². The SMILES string of the molecule is CC(=O)N[C@@H]1[C@@H](OC(=O)c2ccccc2)[C@H](OCc2ccccc2)[C@@H](CO[C@@H]2O[C@H](COC(C)=O)[C@@H](OC(C)=O)[C@H](OC(C)=O)[C@H]2NC(C)=O)O[C@H]1O. The van der Waals surface area contributed by atoms with E-state index >= 15 is 0 Å². The highest BCUT2D eigenvalue weighted by Gasteiger charge is 2.53. The van der Waals surface area contributed by atoms with E-state index in [1.54, 1.807) is 42.5 Å². The van der Waals surface area contributed by atoms with Crippen molar-refractivity contribution in [3.05, 3.63) is 71.8 Å². The summed E-state index contributed by atoms with van der Waals surface area (Å²) in [6.45, 7) is 4.81. The Hall–Kier alpha value is -4.94. The molecule has 17 nitrogen and oxygen atoms in total. The maximum Gasteiger partial charge on any atom is 0.338 e. The van der Waals surface area contributed by atoms with Crippen LogP contribution in [0.25, 0.3) is 0 Å². The maximum absolute atomic E-state index is 13.4. The van der Waals surface area contributed by atoms with Gasteiger partial charge in [-0.15, -0.1) is 0 Å². The van der Waals surface area contributed by atoms with Crippen molar-refractivity contribution >= 4 is 35.7 Å². The van der Waals surface area contributed by atoms with Crippen LogP contribution < -0.4 is 10.6 Å². The molecule has 0 saturated carbocycles. The third-order valence-corrected chi connectivity index (χ3v) is 8.07. The van der Waals surface area contributed by atoms with Crippen LogP contribution >= 0.6 is 0 Å². The molecular formula is C36H44N2O15. The molecule has 2 saturated heterocycles. The number of aliphatic hydroxyl groups excluding tert-OH is 1. The Morgan fingerprint density at radius 1 is 0.623 bits per heavy atom. The van der Waals surface area contributed by atoms with E-state index in [1.807, 2.05) is 6.07 Å². The number of nitrogens with one attached hydrogen (secondary N) is 2. The molecule has 2 aromatic carbocycles. The molecule has 2 aliphatic heterocycles. The second-order valence-corrected chi connectivity index (χ2v) is 12.3. The van der Waals surface area contributed by atoms with Gasteiger partial charge in [-0.1, -0.05) is 48.5 Å². The molecule has 0 aromatic heterocycles. The minimum absolute atomic E-state index is 0.0227.